The normalized spacial score (nSPS) is 11.8. The van der Waals surface area contributed by atoms with Crippen molar-refractivity contribution >= 4 is 82.7 Å². The van der Waals surface area contributed by atoms with Gasteiger partial charge in [0.1, 0.15) is 16.7 Å². The molecule has 9 aromatic carbocycles. The predicted molar refractivity (Wildman–Crippen MR) is 239 cm³/mol. The molecule has 0 aliphatic heterocycles. The molecule has 0 radical (unpaired) electrons. The van der Waals surface area contributed by atoms with Crippen molar-refractivity contribution in [3.63, 3.8) is 0 Å². The van der Waals surface area contributed by atoms with Crippen LogP contribution in [0.4, 0.5) is 17.1 Å². The Bertz CT molecular complexity index is 3520. The average molecular weight is 744 g/mol. The first kappa shape index (κ1) is 32.4. The van der Waals surface area contributed by atoms with Gasteiger partial charge in [-0.25, -0.2) is 4.98 Å². The highest BCUT2D eigenvalue weighted by molar-refractivity contribution is 6.21. The molecular formula is C53H33N3O2. The molecule has 5 heteroatoms. The van der Waals surface area contributed by atoms with Crippen molar-refractivity contribution in [1.82, 2.24) is 9.55 Å². The van der Waals surface area contributed by atoms with Crippen LogP contribution in [0.1, 0.15) is 0 Å². The second kappa shape index (κ2) is 12.8. The largest absolute Gasteiger partial charge is 0.456 e. The number of anilines is 3. The molecule has 12 aromatic rings. The van der Waals surface area contributed by atoms with Crippen LogP contribution in [0.25, 0.3) is 93.9 Å². The maximum atomic E-state index is 6.70. The monoisotopic (exact) mass is 743 g/mol. The van der Waals surface area contributed by atoms with E-state index in [0.29, 0.717) is 5.89 Å². The van der Waals surface area contributed by atoms with E-state index < -0.39 is 0 Å². The van der Waals surface area contributed by atoms with Gasteiger partial charge in [0.05, 0.1) is 27.8 Å². The molecule has 3 heterocycles. The molecule has 0 saturated carbocycles. The number of furan rings is 1. The van der Waals surface area contributed by atoms with E-state index in [1.807, 2.05) is 48.5 Å². The van der Waals surface area contributed by atoms with Crippen LogP contribution in [0.5, 0.6) is 0 Å². The summed E-state index contributed by atoms with van der Waals surface area (Å²) in [5, 5.41) is 6.86. The molecular weight excluding hydrogens is 711 g/mol. The van der Waals surface area contributed by atoms with Crippen LogP contribution in [-0.4, -0.2) is 9.55 Å². The van der Waals surface area contributed by atoms with Crippen molar-refractivity contribution in [2.45, 2.75) is 0 Å². The standard InChI is InChI=1S/C53H33N3O2/c1-3-14-34(15-4-1)37-18-11-19-38(32-37)55(47-25-12-22-44-52(47)58-53(54-44)36-16-5-2-6-17-36)39-30-28-35-29-31-41-40-20-7-9-23-45(40)56(51(41)43(35)33-39)46-24-13-27-49-50(46)42-21-8-10-26-48(42)57-49/h1-33H. The van der Waals surface area contributed by atoms with Crippen molar-refractivity contribution in [3.05, 3.63) is 200 Å². The van der Waals surface area contributed by atoms with Crippen LogP contribution >= 0.6 is 0 Å². The van der Waals surface area contributed by atoms with E-state index in [1.54, 1.807) is 0 Å². The summed E-state index contributed by atoms with van der Waals surface area (Å²) in [6.07, 6.45) is 0. The van der Waals surface area contributed by atoms with Crippen molar-refractivity contribution in [2.24, 2.45) is 0 Å². The van der Waals surface area contributed by atoms with Gasteiger partial charge in [-0.15, -0.1) is 0 Å². The van der Waals surface area contributed by atoms with E-state index in [9.17, 15) is 0 Å². The van der Waals surface area contributed by atoms with Gasteiger partial charge >= 0.3 is 0 Å². The zero-order valence-electron chi connectivity index (χ0n) is 31.2. The lowest BCUT2D eigenvalue weighted by Crippen LogP contribution is -2.10. The second-order valence-electron chi connectivity index (χ2n) is 14.7. The van der Waals surface area contributed by atoms with Crippen molar-refractivity contribution in [2.75, 3.05) is 4.90 Å². The predicted octanol–water partition coefficient (Wildman–Crippen LogP) is 14.8. The van der Waals surface area contributed by atoms with Crippen LogP contribution in [0.2, 0.25) is 0 Å². The molecule has 0 saturated heterocycles. The number of nitrogens with zero attached hydrogens (tertiary/aromatic N) is 3. The molecule has 5 nitrogen and oxygen atoms in total. The Kier molecular flexibility index (Phi) is 7.16. The molecule has 0 unspecified atom stereocenters. The van der Waals surface area contributed by atoms with Gasteiger partial charge in [0.15, 0.2) is 5.58 Å². The SMILES string of the molecule is c1ccc(-c2cccc(N(c3ccc4ccc5c6ccccc6n(-c6cccc7oc8ccccc8c67)c5c4c3)c3cccc4nc(-c5ccccc5)oc34)c2)cc1. The van der Waals surface area contributed by atoms with Gasteiger partial charge in [-0.1, -0.05) is 127 Å². The fourth-order valence-corrected chi connectivity index (χ4v) is 8.80. The first-order chi connectivity index (χ1) is 28.8. The highest BCUT2D eigenvalue weighted by Gasteiger charge is 2.23. The van der Waals surface area contributed by atoms with Gasteiger partial charge in [0.25, 0.3) is 0 Å². The fourth-order valence-electron chi connectivity index (χ4n) is 8.80. The van der Waals surface area contributed by atoms with E-state index >= 15 is 0 Å². The second-order valence-corrected chi connectivity index (χ2v) is 14.7. The molecule has 0 N–H and O–H groups in total. The smallest absolute Gasteiger partial charge is 0.227 e. The van der Waals surface area contributed by atoms with E-state index in [1.165, 1.54) is 10.8 Å². The number of fused-ring (bicyclic) bond motifs is 9. The van der Waals surface area contributed by atoms with Crippen LogP contribution in [0.15, 0.2) is 209 Å². The van der Waals surface area contributed by atoms with E-state index in [0.717, 1.165) is 94.3 Å². The number of hydrogen-bond donors (Lipinski definition) is 0. The van der Waals surface area contributed by atoms with Gasteiger partial charge in [-0.05, 0) is 89.3 Å². The first-order valence-corrected chi connectivity index (χ1v) is 19.5. The number of hydrogen-bond acceptors (Lipinski definition) is 4. The lowest BCUT2D eigenvalue weighted by atomic mass is 10.0. The molecule has 0 aliphatic rings. The van der Waals surface area contributed by atoms with Crippen LogP contribution < -0.4 is 4.90 Å². The Morgan fingerprint density at radius 2 is 1.14 bits per heavy atom. The lowest BCUT2D eigenvalue weighted by molar-refractivity contribution is 0.620. The van der Waals surface area contributed by atoms with E-state index in [2.05, 4.69) is 161 Å². The summed E-state index contributed by atoms with van der Waals surface area (Å²) in [6, 6.07) is 70.3. The van der Waals surface area contributed by atoms with E-state index in [4.69, 9.17) is 13.8 Å². The Labute approximate surface area is 333 Å². The van der Waals surface area contributed by atoms with E-state index in [-0.39, 0.29) is 0 Å². The molecule has 0 spiro atoms. The zero-order valence-corrected chi connectivity index (χ0v) is 31.2. The Morgan fingerprint density at radius 3 is 2.02 bits per heavy atom. The van der Waals surface area contributed by atoms with Gasteiger partial charge in [-0.2, -0.15) is 0 Å². The topological polar surface area (TPSA) is 47.3 Å². The minimum Gasteiger partial charge on any atom is -0.456 e. The molecule has 3 aromatic heterocycles. The molecule has 272 valence electrons. The van der Waals surface area contributed by atoms with Crippen molar-refractivity contribution in [3.8, 4) is 28.3 Å². The fraction of sp³-hybridized carbons (Fsp3) is 0. The van der Waals surface area contributed by atoms with Gasteiger partial charge < -0.3 is 18.3 Å². The summed E-state index contributed by atoms with van der Waals surface area (Å²) >= 11 is 0. The van der Waals surface area contributed by atoms with Crippen LogP contribution in [-0.2, 0) is 0 Å². The summed E-state index contributed by atoms with van der Waals surface area (Å²) in [5.41, 5.74) is 12.7. The van der Waals surface area contributed by atoms with Crippen LogP contribution in [0.3, 0.4) is 0 Å². The zero-order chi connectivity index (χ0) is 38.2. The molecule has 0 atom stereocenters. The third-order valence-corrected chi connectivity index (χ3v) is 11.4. The Hall–Kier alpha value is -7.89. The maximum Gasteiger partial charge on any atom is 0.227 e. The number of rotatable bonds is 6. The molecule has 0 bridgehead atoms. The Balaban J connectivity index is 1.15. The number of benzene rings is 9. The van der Waals surface area contributed by atoms with Gasteiger partial charge in [-0.3, -0.25) is 0 Å². The van der Waals surface area contributed by atoms with Crippen molar-refractivity contribution in [1.29, 1.82) is 0 Å². The summed E-state index contributed by atoms with van der Waals surface area (Å²) in [6.45, 7) is 0. The number of para-hydroxylation sites is 3. The van der Waals surface area contributed by atoms with Gasteiger partial charge in [0, 0.05) is 38.5 Å². The lowest BCUT2D eigenvalue weighted by Gasteiger charge is -2.26. The quantitative estimate of drug-likeness (QED) is 0.170. The summed E-state index contributed by atoms with van der Waals surface area (Å²) in [4.78, 5) is 7.29. The molecule has 12 rings (SSSR count). The third kappa shape index (κ3) is 5.00. The molecule has 58 heavy (non-hydrogen) atoms. The maximum absolute atomic E-state index is 6.70. The summed E-state index contributed by atoms with van der Waals surface area (Å²) in [7, 11) is 0. The summed E-state index contributed by atoms with van der Waals surface area (Å²) in [5.74, 6) is 0.590. The summed E-state index contributed by atoms with van der Waals surface area (Å²) < 4.78 is 15.6. The van der Waals surface area contributed by atoms with Crippen molar-refractivity contribution < 1.29 is 8.83 Å². The Morgan fingerprint density at radius 1 is 0.448 bits per heavy atom. The van der Waals surface area contributed by atoms with Crippen LogP contribution in [0, 0.1) is 0 Å². The number of aromatic nitrogens is 2. The minimum atomic E-state index is 0.590. The third-order valence-electron chi connectivity index (χ3n) is 11.4. The first-order valence-electron chi connectivity index (χ1n) is 19.5. The highest BCUT2D eigenvalue weighted by Crippen LogP contribution is 2.45. The number of oxazole rings is 1. The molecule has 0 amide bonds. The molecule has 0 aliphatic carbocycles. The minimum absolute atomic E-state index is 0.590. The van der Waals surface area contributed by atoms with Gasteiger partial charge in [0.2, 0.25) is 5.89 Å². The average Bonchev–Trinajstić information content (AvgIpc) is 4.00. The molecule has 0 fully saturated rings. The highest BCUT2D eigenvalue weighted by atomic mass is 16.3.